The molecule has 0 aliphatic carbocycles. The van der Waals surface area contributed by atoms with Crippen molar-refractivity contribution in [3.05, 3.63) is 90.5 Å². The van der Waals surface area contributed by atoms with Gasteiger partial charge in [0.1, 0.15) is 6.10 Å². The van der Waals surface area contributed by atoms with Crippen LogP contribution in [0.15, 0.2) is 89.8 Å². The van der Waals surface area contributed by atoms with Crippen LogP contribution in [0.5, 0.6) is 0 Å². The van der Waals surface area contributed by atoms with Crippen LogP contribution in [-0.2, 0) is 16.0 Å². The molecule has 11 nitrogen and oxygen atoms in total. The number of nitrogens with one attached hydrogen (secondary N) is 3. The summed E-state index contributed by atoms with van der Waals surface area (Å²) in [6.45, 7) is 4.34. The molecule has 0 unspecified atom stereocenters. The van der Waals surface area contributed by atoms with E-state index in [0.29, 0.717) is 24.3 Å². The predicted octanol–water partition coefficient (Wildman–Crippen LogP) is 4.32. The van der Waals surface area contributed by atoms with Crippen LogP contribution in [0.1, 0.15) is 25.8 Å². The molecule has 4 rings (SSSR count). The lowest BCUT2D eigenvalue weighted by atomic mass is 10.0. The second-order valence-electron chi connectivity index (χ2n) is 11.4. The van der Waals surface area contributed by atoms with Crippen molar-refractivity contribution in [1.82, 2.24) is 14.9 Å². The fraction of sp³-hybridized carbons (Fsp3) is 0.375. The molecule has 1 aliphatic heterocycles. The second-order valence-corrected chi connectivity index (χ2v) is 13.4. The van der Waals surface area contributed by atoms with Crippen LogP contribution >= 0.6 is 10.8 Å². The maximum absolute atomic E-state index is 13.1. The van der Waals surface area contributed by atoms with Gasteiger partial charge in [-0.3, -0.25) is 13.9 Å². The van der Waals surface area contributed by atoms with Gasteiger partial charge in [0.05, 0.1) is 23.1 Å². The van der Waals surface area contributed by atoms with Gasteiger partial charge < -0.3 is 31.5 Å². The normalized spacial score (nSPS) is 18.5. The smallest absolute Gasteiger partial charge is 0.407 e. The molecule has 1 heterocycles. The van der Waals surface area contributed by atoms with Gasteiger partial charge in [0.25, 0.3) is 0 Å². The summed E-state index contributed by atoms with van der Waals surface area (Å²) in [6.07, 6.45) is -1.90. The molecule has 1 aliphatic rings. The molecule has 3 aromatic carbocycles. The number of anilines is 2. The van der Waals surface area contributed by atoms with Crippen molar-refractivity contribution in [2.45, 2.75) is 55.9 Å². The van der Waals surface area contributed by atoms with Crippen molar-refractivity contribution in [3.8, 4) is 0 Å². The highest BCUT2D eigenvalue weighted by atomic mass is 32.3. The van der Waals surface area contributed by atoms with Crippen LogP contribution in [-0.4, -0.2) is 74.4 Å². The van der Waals surface area contributed by atoms with E-state index >= 15 is 0 Å². The van der Waals surface area contributed by atoms with Crippen LogP contribution in [0.2, 0.25) is 0 Å². The zero-order valence-corrected chi connectivity index (χ0v) is 25.8. The van der Waals surface area contributed by atoms with Crippen molar-refractivity contribution >= 4 is 34.2 Å². The molecule has 0 spiro atoms. The average molecular weight is 626 g/mol. The molecule has 1 fully saturated rings. The fourth-order valence-corrected chi connectivity index (χ4v) is 6.72. The van der Waals surface area contributed by atoms with Crippen molar-refractivity contribution in [2.75, 3.05) is 30.7 Å². The number of para-hydroxylation sites is 1. The van der Waals surface area contributed by atoms with Gasteiger partial charge in [-0.05, 0) is 54.3 Å². The number of carbonyl (C=O) groups excluding carboxylic acids is 2. The van der Waals surface area contributed by atoms with E-state index in [2.05, 4.69) is 16.0 Å². The van der Waals surface area contributed by atoms with E-state index in [4.69, 9.17) is 10.5 Å². The number of rotatable bonds is 13. The van der Waals surface area contributed by atoms with E-state index in [1.54, 1.807) is 36.4 Å². The van der Waals surface area contributed by atoms with Crippen molar-refractivity contribution in [1.29, 1.82) is 0 Å². The summed E-state index contributed by atoms with van der Waals surface area (Å²) < 4.78 is 29.7. The average Bonchev–Trinajstić information content (AvgIpc) is 3.46. The Morgan fingerprint density at radius 3 is 2.27 bits per heavy atom. The van der Waals surface area contributed by atoms with Crippen LogP contribution in [0.3, 0.4) is 0 Å². The molecule has 44 heavy (non-hydrogen) atoms. The summed E-state index contributed by atoms with van der Waals surface area (Å²) in [5.74, 6) is -0.167. The number of ether oxygens (including phenoxy) is 1. The molecule has 2 amide bonds. The first-order valence-corrected chi connectivity index (χ1v) is 16.2. The summed E-state index contributed by atoms with van der Waals surface area (Å²) >= 11 is 0. The highest BCUT2D eigenvalue weighted by Gasteiger charge is 2.34. The molecule has 8 N–H and O–H groups in total. The van der Waals surface area contributed by atoms with E-state index in [9.17, 15) is 23.8 Å². The lowest BCUT2D eigenvalue weighted by molar-refractivity contribution is -0.117. The second kappa shape index (κ2) is 15.4. The maximum atomic E-state index is 13.1. The largest absolute Gasteiger partial charge is 0.445 e. The van der Waals surface area contributed by atoms with Gasteiger partial charge in [-0.15, -0.1) is 10.8 Å². The number of carbonyl (C=O) groups is 2. The number of amides is 2. The Hall–Kier alpha value is -3.65. The number of benzene rings is 3. The summed E-state index contributed by atoms with van der Waals surface area (Å²) in [7, 11) is -3.47. The van der Waals surface area contributed by atoms with Crippen molar-refractivity contribution in [2.24, 2.45) is 5.92 Å². The Morgan fingerprint density at radius 2 is 1.64 bits per heavy atom. The molecule has 1 saturated heterocycles. The summed E-state index contributed by atoms with van der Waals surface area (Å²) in [4.78, 5) is 26.1. The minimum absolute atomic E-state index is 0.0505. The van der Waals surface area contributed by atoms with Gasteiger partial charge in [0.15, 0.2) is 0 Å². The molecule has 238 valence electrons. The number of aliphatic hydroxyl groups excluding tert-OH is 1. The quantitative estimate of drug-likeness (QED) is 0.137. The van der Waals surface area contributed by atoms with Crippen molar-refractivity contribution in [3.63, 3.8) is 0 Å². The zero-order chi connectivity index (χ0) is 31.7. The predicted molar refractivity (Wildman–Crippen MR) is 173 cm³/mol. The molecule has 12 heteroatoms. The molecule has 0 bridgehead atoms. The first-order chi connectivity index (χ1) is 21.0. The third-order valence-corrected chi connectivity index (χ3v) is 9.23. The molecule has 0 saturated carbocycles. The van der Waals surface area contributed by atoms with Gasteiger partial charge in [-0.1, -0.05) is 62.4 Å². The summed E-state index contributed by atoms with van der Waals surface area (Å²) in [5.41, 5.74) is 7.84. The Kier molecular flexibility index (Phi) is 11.6. The van der Waals surface area contributed by atoms with E-state index in [1.165, 1.54) is 4.31 Å². The van der Waals surface area contributed by atoms with E-state index < -0.39 is 41.2 Å². The minimum atomic E-state index is -3.47. The summed E-state index contributed by atoms with van der Waals surface area (Å²) in [5, 5.41) is 20.2. The first kappa shape index (κ1) is 33.2. The standard InChI is InChI=1S/C32H43N5O6S/c1-22(2)20-37(44(41,42)27-15-13-24(33)14-16-27)21-30(38)28(17-23-9-5-3-6-10-23)36-32(40)43-26-18-29(34-19-26)31(39)35-25-11-7-4-8-12-25/h3-16,22,26,28-30,34,38,41-42H,17-21,33H2,1-2H3,(H,35,39)(H,36,40)/t26-,28+,29+,30-/m1/s1. The molecule has 0 aromatic heterocycles. The molecule has 4 atom stereocenters. The Bertz CT molecular complexity index is 1350. The molecular formula is C32H43N5O6S. The van der Waals surface area contributed by atoms with Gasteiger partial charge in [-0.2, -0.15) is 4.31 Å². The van der Waals surface area contributed by atoms with E-state index in [0.717, 1.165) is 5.56 Å². The fourth-order valence-electron chi connectivity index (χ4n) is 5.06. The van der Waals surface area contributed by atoms with Crippen LogP contribution in [0.4, 0.5) is 16.2 Å². The third kappa shape index (κ3) is 9.42. The number of nitrogens with zero attached hydrogens (tertiary/aromatic N) is 1. The number of aliphatic hydroxyl groups is 1. The Labute approximate surface area is 260 Å². The van der Waals surface area contributed by atoms with E-state index in [1.807, 2.05) is 62.4 Å². The molecule has 3 aromatic rings. The number of hydrogen-bond acceptors (Lipinski definition) is 9. The Balaban J connectivity index is 1.42. The topological polar surface area (TPSA) is 169 Å². The first-order valence-electron chi connectivity index (χ1n) is 14.7. The van der Waals surface area contributed by atoms with Gasteiger partial charge in [-0.25, -0.2) is 4.79 Å². The maximum Gasteiger partial charge on any atom is 0.407 e. The van der Waals surface area contributed by atoms with Crippen LogP contribution in [0, 0.1) is 5.92 Å². The van der Waals surface area contributed by atoms with Gasteiger partial charge >= 0.3 is 6.09 Å². The van der Waals surface area contributed by atoms with E-state index in [-0.39, 0.29) is 36.2 Å². The van der Waals surface area contributed by atoms with Crippen LogP contribution in [0.25, 0.3) is 0 Å². The third-order valence-electron chi connectivity index (χ3n) is 7.30. The molecule has 0 radical (unpaired) electrons. The van der Waals surface area contributed by atoms with Crippen molar-refractivity contribution < 1.29 is 28.5 Å². The van der Waals surface area contributed by atoms with Crippen LogP contribution < -0.4 is 21.7 Å². The van der Waals surface area contributed by atoms with Gasteiger partial charge in [0.2, 0.25) is 5.91 Å². The number of nitrogens with two attached hydrogens (primary N) is 1. The SMILES string of the molecule is CC(C)CN(C[C@@H](O)[C@H](Cc1ccccc1)NC(=O)O[C@H]1CN[C@H](C(=O)Nc2ccccc2)C1)S(O)(O)c1ccc(N)cc1. The monoisotopic (exact) mass is 625 g/mol. The lowest BCUT2D eigenvalue weighted by Crippen LogP contribution is -2.51. The number of hydrogen-bond donors (Lipinski definition) is 7. The summed E-state index contributed by atoms with van der Waals surface area (Å²) in [6, 6.07) is 23.5. The minimum Gasteiger partial charge on any atom is -0.445 e. The zero-order valence-electron chi connectivity index (χ0n) is 25.0. The number of alkyl carbamates (subject to hydrolysis) is 1. The van der Waals surface area contributed by atoms with Gasteiger partial charge in [0, 0.05) is 37.4 Å². The Morgan fingerprint density at radius 1 is 1.00 bits per heavy atom. The highest BCUT2D eigenvalue weighted by molar-refractivity contribution is 8.22. The molecular weight excluding hydrogens is 582 g/mol. The highest BCUT2D eigenvalue weighted by Crippen LogP contribution is 2.52. The number of nitrogen functional groups attached to an aromatic ring is 1. The lowest BCUT2D eigenvalue weighted by Gasteiger charge is -2.45.